The van der Waals surface area contributed by atoms with Crippen molar-refractivity contribution in [3.05, 3.63) is 53.8 Å². The fraction of sp³-hybridized carbons (Fsp3) is 0.316. The Morgan fingerprint density at radius 1 is 1.20 bits per heavy atom. The maximum absolute atomic E-state index is 13.8. The van der Waals surface area contributed by atoms with E-state index >= 15 is 0 Å². The zero-order valence-electron chi connectivity index (χ0n) is 14.3. The predicted octanol–water partition coefficient (Wildman–Crippen LogP) is 1.18. The molecule has 0 aromatic heterocycles. The van der Waals surface area contributed by atoms with Crippen LogP contribution in [0.4, 0.5) is 15.8 Å². The van der Waals surface area contributed by atoms with Crippen LogP contribution < -0.4 is 15.1 Å². The molecule has 3 N–H and O–H groups in total. The second-order valence-corrected chi connectivity index (χ2v) is 6.46. The number of hydrogen-bond acceptors (Lipinski definition) is 3. The van der Waals surface area contributed by atoms with E-state index in [0.29, 0.717) is 6.54 Å². The van der Waals surface area contributed by atoms with E-state index in [1.54, 1.807) is 24.3 Å². The second kappa shape index (κ2) is 7.53. The van der Waals surface area contributed by atoms with Crippen LogP contribution in [-0.2, 0) is 4.79 Å². The zero-order chi connectivity index (χ0) is 17.8. The Kier molecular flexibility index (Phi) is 5.19. The van der Waals surface area contributed by atoms with E-state index < -0.39 is 5.82 Å². The largest absolute Gasteiger partial charge is 0.508 e. The molecule has 0 unspecified atom stereocenters. The number of benzene rings is 2. The molecule has 132 valence electrons. The molecule has 0 spiro atoms. The Morgan fingerprint density at radius 3 is 2.52 bits per heavy atom. The lowest BCUT2D eigenvalue weighted by atomic mass is 10.2. The third kappa shape index (κ3) is 4.48. The molecular weight excluding hydrogens is 321 g/mol. The quantitative estimate of drug-likeness (QED) is 0.781. The average Bonchev–Trinajstić information content (AvgIpc) is 2.59. The highest BCUT2D eigenvalue weighted by Gasteiger charge is 2.22. The molecule has 0 saturated carbocycles. The number of anilines is 2. The molecule has 0 radical (unpaired) electrons. The zero-order valence-corrected chi connectivity index (χ0v) is 14.3. The van der Waals surface area contributed by atoms with Gasteiger partial charge in [-0.3, -0.25) is 4.79 Å². The van der Waals surface area contributed by atoms with Crippen molar-refractivity contribution in [1.82, 2.24) is 0 Å². The minimum absolute atomic E-state index is 0.171. The smallest absolute Gasteiger partial charge is 0.279 e. The van der Waals surface area contributed by atoms with Crippen LogP contribution in [0.1, 0.15) is 5.56 Å². The number of phenols is 1. The number of nitrogens with one attached hydrogen (secondary N) is 2. The van der Waals surface area contributed by atoms with Crippen molar-refractivity contribution in [3.8, 4) is 5.75 Å². The van der Waals surface area contributed by atoms with Gasteiger partial charge in [0.2, 0.25) is 0 Å². The number of carbonyl (C=O) groups is 1. The molecular formula is C19H23FN3O2+. The normalized spacial score (nSPS) is 15.2. The molecule has 6 heteroatoms. The number of rotatable bonds is 4. The van der Waals surface area contributed by atoms with Gasteiger partial charge in [0.1, 0.15) is 11.6 Å². The SMILES string of the molecule is Cc1ccc(NC(=O)C[NH+]2CCN(c3ccc(O)cc3)CC2)c(F)c1. The Hall–Kier alpha value is -2.60. The van der Waals surface area contributed by atoms with Gasteiger partial charge in [0, 0.05) is 5.69 Å². The van der Waals surface area contributed by atoms with Gasteiger partial charge in [-0.05, 0) is 48.9 Å². The summed E-state index contributed by atoms with van der Waals surface area (Å²) < 4.78 is 13.8. The number of nitrogens with zero attached hydrogens (tertiary/aromatic N) is 1. The van der Waals surface area contributed by atoms with Crippen molar-refractivity contribution in [3.63, 3.8) is 0 Å². The van der Waals surface area contributed by atoms with Crippen LogP contribution in [0.15, 0.2) is 42.5 Å². The minimum atomic E-state index is -0.402. The van der Waals surface area contributed by atoms with Crippen LogP contribution >= 0.6 is 0 Å². The summed E-state index contributed by atoms with van der Waals surface area (Å²) in [6.07, 6.45) is 0. The Morgan fingerprint density at radius 2 is 1.88 bits per heavy atom. The van der Waals surface area contributed by atoms with Gasteiger partial charge in [0.25, 0.3) is 5.91 Å². The molecule has 1 heterocycles. The lowest BCUT2D eigenvalue weighted by Gasteiger charge is -2.33. The Labute approximate surface area is 146 Å². The van der Waals surface area contributed by atoms with E-state index in [9.17, 15) is 14.3 Å². The van der Waals surface area contributed by atoms with Crippen LogP contribution in [0.25, 0.3) is 0 Å². The van der Waals surface area contributed by atoms with Crippen LogP contribution in [0.5, 0.6) is 5.75 Å². The van der Waals surface area contributed by atoms with E-state index in [2.05, 4.69) is 10.2 Å². The highest BCUT2D eigenvalue weighted by atomic mass is 19.1. The minimum Gasteiger partial charge on any atom is -0.508 e. The Bertz CT molecular complexity index is 741. The molecule has 1 amide bonds. The van der Waals surface area contributed by atoms with Crippen molar-refractivity contribution in [1.29, 1.82) is 0 Å². The van der Waals surface area contributed by atoms with Crippen LogP contribution in [0.2, 0.25) is 0 Å². The molecule has 5 nitrogen and oxygen atoms in total. The van der Waals surface area contributed by atoms with E-state index in [0.717, 1.165) is 37.4 Å². The fourth-order valence-corrected chi connectivity index (χ4v) is 3.06. The summed E-state index contributed by atoms with van der Waals surface area (Å²) in [5.74, 6) is -0.315. The maximum Gasteiger partial charge on any atom is 0.279 e. The van der Waals surface area contributed by atoms with Crippen LogP contribution in [0.3, 0.4) is 0 Å². The van der Waals surface area contributed by atoms with Gasteiger partial charge in [-0.15, -0.1) is 0 Å². The lowest BCUT2D eigenvalue weighted by molar-refractivity contribution is -0.892. The number of quaternary nitrogens is 1. The predicted molar refractivity (Wildman–Crippen MR) is 95.7 cm³/mol. The third-order valence-corrected chi connectivity index (χ3v) is 4.49. The molecule has 1 aliphatic rings. The van der Waals surface area contributed by atoms with Gasteiger partial charge in [-0.25, -0.2) is 4.39 Å². The Balaban J connectivity index is 1.50. The van der Waals surface area contributed by atoms with Gasteiger partial charge in [-0.2, -0.15) is 0 Å². The molecule has 1 saturated heterocycles. The van der Waals surface area contributed by atoms with E-state index in [1.807, 2.05) is 19.1 Å². The summed E-state index contributed by atoms with van der Waals surface area (Å²) in [4.78, 5) is 15.6. The molecule has 0 atom stereocenters. The molecule has 1 aliphatic heterocycles. The first-order valence-electron chi connectivity index (χ1n) is 8.45. The van der Waals surface area contributed by atoms with Crippen LogP contribution in [0, 0.1) is 12.7 Å². The first-order chi connectivity index (χ1) is 12.0. The monoisotopic (exact) mass is 344 g/mol. The maximum atomic E-state index is 13.8. The number of carbonyl (C=O) groups excluding carboxylic acids is 1. The number of aromatic hydroxyl groups is 1. The average molecular weight is 344 g/mol. The van der Waals surface area contributed by atoms with Crippen LogP contribution in [-0.4, -0.2) is 43.7 Å². The number of phenolic OH excluding ortho intramolecular Hbond substituents is 1. The summed E-state index contributed by atoms with van der Waals surface area (Å²) in [6, 6.07) is 11.9. The molecule has 0 bridgehead atoms. The summed E-state index contributed by atoms with van der Waals surface area (Å²) in [6.45, 7) is 5.50. The van der Waals surface area contributed by atoms with Crippen molar-refractivity contribution in [2.45, 2.75) is 6.92 Å². The lowest BCUT2D eigenvalue weighted by Crippen LogP contribution is -3.15. The van der Waals surface area contributed by atoms with Gasteiger partial charge in [0.15, 0.2) is 6.54 Å². The third-order valence-electron chi connectivity index (χ3n) is 4.49. The molecule has 0 aliphatic carbocycles. The molecule has 2 aromatic rings. The summed E-state index contributed by atoms with van der Waals surface area (Å²) in [7, 11) is 0. The van der Waals surface area contributed by atoms with Gasteiger partial charge < -0.3 is 20.2 Å². The second-order valence-electron chi connectivity index (χ2n) is 6.46. The van der Waals surface area contributed by atoms with Gasteiger partial charge in [0.05, 0.1) is 31.9 Å². The topological polar surface area (TPSA) is 57.0 Å². The fourth-order valence-electron chi connectivity index (χ4n) is 3.06. The number of amides is 1. The standard InChI is InChI=1S/C19H22FN3O2/c1-14-2-7-18(17(20)12-14)21-19(25)13-22-8-10-23(11-9-22)15-3-5-16(24)6-4-15/h2-7,12,24H,8-11,13H2,1H3,(H,21,25)/p+1. The molecule has 3 rings (SSSR count). The van der Waals surface area contributed by atoms with E-state index in [1.165, 1.54) is 11.0 Å². The van der Waals surface area contributed by atoms with Crippen molar-refractivity contribution >= 4 is 17.3 Å². The summed E-state index contributed by atoms with van der Waals surface area (Å²) >= 11 is 0. The van der Waals surface area contributed by atoms with Crippen molar-refractivity contribution < 1.29 is 19.2 Å². The molecule has 25 heavy (non-hydrogen) atoms. The highest BCUT2D eigenvalue weighted by Crippen LogP contribution is 2.18. The first-order valence-corrected chi connectivity index (χ1v) is 8.45. The van der Waals surface area contributed by atoms with Crippen molar-refractivity contribution in [2.24, 2.45) is 0 Å². The van der Waals surface area contributed by atoms with E-state index in [4.69, 9.17) is 0 Å². The molecule has 1 fully saturated rings. The van der Waals surface area contributed by atoms with Gasteiger partial charge in [-0.1, -0.05) is 6.07 Å². The highest BCUT2D eigenvalue weighted by molar-refractivity contribution is 5.91. The number of hydrogen-bond donors (Lipinski definition) is 3. The number of aryl methyl sites for hydroxylation is 1. The number of halogens is 1. The number of piperazine rings is 1. The van der Waals surface area contributed by atoms with Crippen molar-refractivity contribution in [2.75, 3.05) is 42.9 Å². The first kappa shape index (κ1) is 17.2. The van der Waals surface area contributed by atoms with Gasteiger partial charge >= 0.3 is 0 Å². The van der Waals surface area contributed by atoms with E-state index in [-0.39, 0.29) is 17.3 Å². The molecule has 2 aromatic carbocycles. The summed E-state index contributed by atoms with van der Waals surface area (Å²) in [5.41, 5.74) is 2.13. The summed E-state index contributed by atoms with van der Waals surface area (Å²) in [5, 5.41) is 12.0.